The molecule has 3 N–H and O–H groups in total. The lowest BCUT2D eigenvalue weighted by Crippen LogP contribution is -2.35. The molecule has 0 bridgehead atoms. The lowest BCUT2D eigenvalue weighted by atomic mass is 9.98. The van der Waals surface area contributed by atoms with Gasteiger partial charge in [-0.05, 0) is 37.8 Å². The van der Waals surface area contributed by atoms with E-state index in [9.17, 15) is 0 Å². The van der Waals surface area contributed by atoms with Crippen LogP contribution in [0.3, 0.4) is 0 Å². The summed E-state index contributed by atoms with van der Waals surface area (Å²) in [4.78, 5) is 0. The van der Waals surface area contributed by atoms with Crippen molar-refractivity contribution in [1.29, 1.82) is 0 Å². The first-order valence-electron chi connectivity index (χ1n) is 6.74. The summed E-state index contributed by atoms with van der Waals surface area (Å²) < 4.78 is 0. The van der Waals surface area contributed by atoms with Crippen LogP contribution in [0.1, 0.15) is 48.4 Å². The third-order valence-corrected chi connectivity index (χ3v) is 3.84. The molecule has 0 heterocycles. The number of hydrogen-bond acceptors (Lipinski definition) is 2. The number of nitrogens with one attached hydrogen (secondary N) is 1. The summed E-state index contributed by atoms with van der Waals surface area (Å²) in [6, 6.07) is 7.63. The van der Waals surface area contributed by atoms with Crippen LogP contribution in [-0.2, 0) is 0 Å². The molecule has 1 aliphatic carbocycles. The third-order valence-electron chi connectivity index (χ3n) is 3.84. The van der Waals surface area contributed by atoms with Gasteiger partial charge in [-0.2, -0.15) is 0 Å². The Morgan fingerprint density at radius 2 is 2.00 bits per heavy atom. The van der Waals surface area contributed by atoms with Gasteiger partial charge in [0, 0.05) is 18.6 Å². The lowest BCUT2D eigenvalue weighted by Gasteiger charge is -2.24. The molecule has 2 nitrogen and oxygen atoms in total. The molecule has 1 fully saturated rings. The van der Waals surface area contributed by atoms with Crippen molar-refractivity contribution in [3.05, 3.63) is 34.9 Å². The minimum absolute atomic E-state index is 0.318. The van der Waals surface area contributed by atoms with Crippen LogP contribution >= 0.6 is 0 Å². The maximum Gasteiger partial charge on any atom is 0.0449 e. The molecule has 0 spiro atoms. The quantitative estimate of drug-likeness (QED) is 0.837. The second-order valence-electron chi connectivity index (χ2n) is 5.30. The van der Waals surface area contributed by atoms with E-state index in [1.54, 1.807) is 0 Å². The van der Waals surface area contributed by atoms with E-state index in [-0.39, 0.29) is 0 Å². The van der Waals surface area contributed by atoms with Crippen molar-refractivity contribution in [2.24, 2.45) is 5.73 Å². The molecule has 0 radical (unpaired) electrons. The molecule has 0 aliphatic heterocycles. The highest BCUT2D eigenvalue weighted by molar-refractivity contribution is 5.33. The van der Waals surface area contributed by atoms with Crippen LogP contribution in [0.15, 0.2) is 18.2 Å². The van der Waals surface area contributed by atoms with E-state index < -0.39 is 0 Å². The Bertz CT molecular complexity index is 367. The maximum atomic E-state index is 5.94. The molecular formula is C15H24N2. The Kier molecular flexibility index (Phi) is 4.19. The van der Waals surface area contributed by atoms with Crippen molar-refractivity contribution in [2.45, 2.75) is 51.6 Å². The second kappa shape index (κ2) is 5.65. The third kappa shape index (κ3) is 3.08. The number of nitrogens with two attached hydrogens (primary N) is 1. The summed E-state index contributed by atoms with van der Waals surface area (Å²) in [6.07, 6.45) is 5.34. The molecule has 94 valence electrons. The fourth-order valence-corrected chi connectivity index (χ4v) is 2.80. The number of benzene rings is 1. The van der Waals surface area contributed by atoms with Gasteiger partial charge in [0.05, 0.1) is 0 Å². The highest BCUT2D eigenvalue weighted by Crippen LogP contribution is 2.24. The molecule has 2 rings (SSSR count). The Labute approximate surface area is 105 Å². The molecule has 1 aliphatic rings. The molecule has 0 aromatic heterocycles. The summed E-state index contributed by atoms with van der Waals surface area (Å²) in [5, 5.41) is 3.72. The van der Waals surface area contributed by atoms with Crippen LogP contribution in [0.25, 0.3) is 0 Å². The molecule has 1 atom stereocenters. The molecule has 1 aromatic carbocycles. The molecule has 1 aromatic rings. The van der Waals surface area contributed by atoms with Gasteiger partial charge >= 0.3 is 0 Å². The van der Waals surface area contributed by atoms with Gasteiger partial charge in [0.15, 0.2) is 0 Å². The molecule has 0 amide bonds. The van der Waals surface area contributed by atoms with Gasteiger partial charge in [0.25, 0.3) is 0 Å². The zero-order valence-electron chi connectivity index (χ0n) is 11.0. The minimum Gasteiger partial charge on any atom is -0.329 e. The smallest absolute Gasteiger partial charge is 0.0449 e. The van der Waals surface area contributed by atoms with Crippen LogP contribution < -0.4 is 11.1 Å². The molecule has 0 saturated heterocycles. The topological polar surface area (TPSA) is 38.0 Å². The van der Waals surface area contributed by atoms with E-state index in [0.717, 1.165) is 0 Å². The predicted molar refractivity (Wildman–Crippen MR) is 73.1 cm³/mol. The van der Waals surface area contributed by atoms with Crippen LogP contribution in [0.4, 0.5) is 0 Å². The van der Waals surface area contributed by atoms with E-state index in [1.165, 1.54) is 42.4 Å². The van der Waals surface area contributed by atoms with Gasteiger partial charge in [-0.1, -0.05) is 36.6 Å². The molecule has 17 heavy (non-hydrogen) atoms. The fraction of sp³-hybridized carbons (Fsp3) is 0.600. The van der Waals surface area contributed by atoms with E-state index in [0.29, 0.717) is 18.6 Å². The van der Waals surface area contributed by atoms with Crippen LogP contribution in [0.5, 0.6) is 0 Å². The Morgan fingerprint density at radius 1 is 1.29 bits per heavy atom. The first kappa shape index (κ1) is 12.6. The highest BCUT2D eigenvalue weighted by Gasteiger charge is 2.20. The zero-order valence-corrected chi connectivity index (χ0v) is 11.0. The van der Waals surface area contributed by atoms with Crippen molar-refractivity contribution >= 4 is 0 Å². The first-order chi connectivity index (χ1) is 8.20. The summed E-state index contributed by atoms with van der Waals surface area (Å²) >= 11 is 0. The van der Waals surface area contributed by atoms with Crippen molar-refractivity contribution < 1.29 is 0 Å². The van der Waals surface area contributed by atoms with Crippen molar-refractivity contribution in [3.63, 3.8) is 0 Å². The standard InChI is InChI=1S/C15H24N2/c1-11-7-8-12(2)14(9-11)15(10-16)17-13-5-3-4-6-13/h7-9,13,15,17H,3-6,10,16H2,1-2H3. The normalized spacial score (nSPS) is 18.5. The van der Waals surface area contributed by atoms with Crippen LogP contribution in [-0.4, -0.2) is 12.6 Å². The molecule has 1 saturated carbocycles. The summed E-state index contributed by atoms with van der Waals surface area (Å²) in [5.74, 6) is 0. The van der Waals surface area contributed by atoms with Crippen LogP contribution in [0, 0.1) is 13.8 Å². The Balaban J connectivity index is 2.13. The fourth-order valence-electron chi connectivity index (χ4n) is 2.80. The first-order valence-corrected chi connectivity index (χ1v) is 6.74. The summed E-state index contributed by atoms with van der Waals surface area (Å²) in [7, 11) is 0. The second-order valence-corrected chi connectivity index (χ2v) is 5.30. The monoisotopic (exact) mass is 232 g/mol. The minimum atomic E-state index is 0.318. The van der Waals surface area contributed by atoms with Gasteiger partial charge in [0.1, 0.15) is 0 Å². The highest BCUT2D eigenvalue weighted by atomic mass is 15.0. The van der Waals surface area contributed by atoms with E-state index in [4.69, 9.17) is 5.73 Å². The largest absolute Gasteiger partial charge is 0.329 e. The van der Waals surface area contributed by atoms with Crippen LogP contribution in [0.2, 0.25) is 0 Å². The number of hydrogen-bond donors (Lipinski definition) is 2. The Hall–Kier alpha value is -0.860. The predicted octanol–water partition coefficient (Wildman–Crippen LogP) is 2.84. The SMILES string of the molecule is Cc1ccc(C)c(C(CN)NC2CCCC2)c1. The average Bonchev–Trinajstić information content (AvgIpc) is 2.82. The summed E-state index contributed by atoms with van der Waals surface area (Å²) in [5.41, 5.74) is 9.97. The van der Waals surface area contributed by atoms with Crippen molar-refractivity contribution in [2.75, 3.05) is 6.54 Å². The maximum absolute atomic E-state index is 5.94. The van der Waals surface area contributed by atoms with Crippen molar-refractivity contribution in [1.82, 2.24) is 5.32 Å². The van der Waals surface area contributed by atoms with Gasteiger partial charge in [-0.3, -0.25) is 0 Å². The zero-order chi connectivity index (χ0) is 12.3. The van der Waals surface area contributed by atoms with E-state index in [2.05, 4.69) is 37.4 Å². The number of rotatable bonds is 4. The van der Waals surface area contributed by atoms with Gasteiger partial charge in [0.2, 0.25) is 0 Å². The lowest BCUT2D eigenvalue weighted by molar-refractivity contribution is 0.443. The average molecular weight is 232 g/mol. The van der Waals surface area contributed by atoms with Crippen molar-refractivity contribution in [3.8, 4) is 0 Å². The van der Waals surface area contributed by atoms with Gasteiger partial charge in [-0.25, -0.2) is 0 Å². The Morgan fingerprint density at radius 3 is 2.65 bits per heavy atom. The van der Waals surface area contributed by atoms with E-state index >= 15 is 0 Å². The van der Waals surface area contributed by atoms with Gasteiger partial charge in [-0.15, -0.1) is 0 Å². The molecule has 2 heteroatoms. The number of aryl methyl sites for hydroxylation is 2. The van der Waals surface area contributed by atoms with E-state index in [1.807, 2.05) is 0 Å². The molecule has 1 unspecified atom stereocenters. The summed E-state index contributed by atoms with van der Waals surface area (Å²) in [6.45, 7) is 5.00. The molecular weight excluding hydrogens is 208 g/mol. The van der Waals surface area contributed by atoms with Gasteiger partial charge < -0.3 is 11.1 Å².